The number of amides is 2. The van der Waals surface area contributed by atoms with Crippen LogP contribution in [0.4, 0.5) is 4.39 Å². The molecule has 0 unspecified atom stereocenters. The van der Waals surface area contributed by atoms with Crippen LogP contribution in [0.3, 0.4) is 0 Å². The fraction of sp³-hybridized carbons (Fsp3) is 0.308. The van der Waals surface area contributed by atoms with E-state index in [9.17, 15) is 22.4 Å². The third-order valence-corrected chi connectivity index (χ3v) is 7.21. The first-order chi connectivity index (χ1) is 17.2. The molecular formula is C26H30FN3O5S. The molecule has 0 saturated carbocycles. The number of rotatable bonds is 12. The molecule has 1 aromatic heterocycles. The van der Waals surface area contributed by atoms with Crippen molar-refractivity contribution in [1.29, 1.82) is 0 Å². The molecule has 1 heterocycles. The summed E-state index contributed by atoms with van der Waals surface area (Å²) in [5.41, 5.74) is 1.48. The number of furan rings is 1. The largest absolute Gasteiger partial charge is 0.467 e. The van der Waals surface area contributed by atoms with Crippen molar-refractivity contribution >= 4 is 21.8 Å². The monoisotopic (exact) mass is 515 g/mol. The molecule has 3 rings (SSSR count). The number of carbonyl (C=O) groups excluding carboxylic acids is 2. The Morgan fingerprint density at radius 2 is 1.69 bits per heavy atom. The highest BCUT2D eigenvalue weighted by molar-refractivity contribution is 7.89. The molecule has 36 heavy (non-hydrogen) atoms. The zero-order valence-corrected chi connectivity index (χ0v) is 21.1. The third kappa shape index (κ3) is 7.50. The van der Waals surface area contributed by atoms with E-state index in [0.717, 1.165) is 5.56 Å². The van der Waals surface area contributed by atoms with Gasteiger partial charge in [-0.15, -0.1) is 0 Å². The van der Waals surface area contributed by atoms with Gasteiger partial charge in [-0.2, -0.15) is 0 Å². The Hall–Kier alpha value is -3.50. The van der Waals surface area contributed by atoms with E-state index < -0.39 is 16.1 Å². The Morgan fingerprint density at radius 3 is 2.31 bits per heavy atom. The van der Waals surface area contributed by atoms with E-state index in [4.69, 9.17) is 4.42 Å². The zero-order chi connectivity index (χ0) is 26.1. The smallest absolute Gasteiger partial charge is 0.242 e. The number of carbonyl (C=O) groups is 2. The van der Waals surface area contributed by atoms with Gasteiger partial charge in [0.25, 0.3) is 0 Å². The highest BCUT2D eigenvalue weighted by Crippen LogP contribution is 2.16. The summed E-state index contributed by atoms with van der Waals surface area (Å²) in [5.74, 6) is -0.406. The molecule has 1 atom stereocenters. The summed E-state index contributed by atoms with van der Waals surface area (Å²) in [7, 11) is -3.56. The first kappa shape index (κ1) is 27.1. The number of halogens is 1. The van der Waals surface area contributed by atoms with Gasteiger partial charge in [0.1, 0.15) is 17.6 Å². The Balaban J connectivity index is 1.69. The number of nitrogens with zero attached hydrogens (tertiary/aromatic N) is 1. The highest BCUT2D eigenvalue weighted by atomic mass is 32.2. The van der Waals surface area contributed by atoms with Gasteiger partial charge in [-0.3, -0.25) is 9.59 Å². The quantitative estimate of drug-likeness (QED) is 0.384. The van der Waals surface area contributed by atoms with Crippen molar-refractivity contribution in [3.05, 3.63) is 89.6 Å². The van der Waals surface area contributed by atoms with Gasteiger partial charge in [0.2, 0.25) is 21.8 Å². The van der Waals surface area contributed by atoms with E-state index in [2.05, 4.69) is 10.0 Å². The lowest BCUT2D eigenvalue weighted by molar-refractivity contribution is -0.140. The van der Waals surface area contributed by atoms with E-state index in [0.29, 0.717) is 17.7 Å². The Labute approximate surface area is 210 Å². The zero-order valence-electron chi connectivity index (χ0n) is 20.2. The number of benzene rings is 2. The van der Waals surface area contributed by atoms with Crippen molar-refractivity contribution in [2.45, 2.75) is 50.7 Å². The molecule has 0 saturated heterocycles. The first-order valence-corrected chi connectivity index (χ1v) is 13.1. The third-order valence-electron chi connectivity index (χ3n) is 5.65. The normalized spacial score (nSPS) is 12.2. The second-order valence-corrected chi connectivity index (χ2v) is 10.0. The molecule has 0 aliphatic rings. The summed E-state index contributed by atoms with van der Waals surface area (Å²) in [4.78, 5) is 27.6. The van der Waals surface area contributed by atoms with Crippen molar-refractivity contribution in [2.24, 2.45) is 0 Å². The molecule has 0 bridgehead atoms. The average Bonchev–Trinajstić information content (AvgIpc) is 3.39. The summed E-state index contributed by atoms with van der Waals surface area (Å²) in [6.07, 6.45) is 1.98. The predicted molar refractivity (Wildman–Crippen MR) is 133 cm³/mol. The molecule has 0 fully saturated rings. The van der Waals surface area contributed by atoms with Crippen molar-refractivity contribution in [3.8, 4) is 0 Å². The van der Waals surface area contributed by atoms with Crippen LogP contribution in [0.15, 0.2) is 76.2 Å². The first-order valence-electron chi connectivity index (χ1n) is 11.6. The van der Waals surface area contributed by atoms with Gasteiger partial charge in [-0.1, -0.05) is 31.2 Å². The number of hydrogen-bond donors (Lipinski definition) is 2. The van der Waals surface area contributed by atoms with Crippen molar-refractivity contribution in [1.82, 2.24) is 14.9 Å². The molecule has 0 aliphatic heterocycles. The van der Waals surface area contributed by atoms with Crippen LogP contribution in [0.5, 0.6) is 0 Å². The fourth-order valence-corrected chi connectivity index (χ4v) is 4.65. The maximum atomic E-state index is 13.4. The summed E-state index contributed by atoms with van der Waals surface area (Å²) < 4.78 is 45.3. The van der Waals surface area contributed by atoms with Gasteiger partial charge in [-0.05, 0) is 60.9 Å². The number of aryl methyl sites for hydroxylation is 1. The van der Waals surface area contributed by atoms with Gasteiger partial charge in [0.15, 0.2) is 0 Å². The van der Waals surface area contributed by atoms with E-state index in [-0.39, 0.29) is 48.6 Å². The molecule has 2 aromatic carbocycles. The maximum Gasteiger partial charge on any atom is 0.242 e. The summed E-state index contributed by atoms with van der Waals surface area (Å²) in [5, 5.41) is 2.77. The van der Waals surface area contributed by atoms with Crippen molar-refractivity contribution < 1.29 is 26.8 Å². The van der Waals surface area contributed by atoms with Crippen LogP contribution < -0.4 is 10.0 Å². The molecule has 2 amide bonds. The van der Waals surface area contributed by atoms with Crippen molar-refractivity contribution in [3.63, 3.8) is 0 Å². The average molecular weight is 516 g/mol. The molecule has 0 spiro atoms. The Morgan fingerprint density at radius 1 is 1.03 bits per heavy atom. The minimum atomic E-state index is -3.56. The summed E-state index contributed by atoms with van der Waals surface area (Å²) in [6.45, 7) is 3.95. The van der Waals surface area contributed by atoms with Crippen LogP contribution in [0, 0.1) is 5.82 Å². The lowest BCUT2D eigenvalue weighted by Crippen LogP contribution is -2.47. The predicted octanol–water partition coefficient (Wildman–Crippen LogP) is 3.38. The molecule has 10 heteroatoms. The van der Waals surface area contributed by atoms with Gasteiger partial charge >= 0.3 is 0 Å². The number of sulfonamides is 1. The van der Waals surface area contributed by atoms with Gasteiger partial charge in [-0.25, -0.2) is 17.5 Å². The second kappa shape index (κ2) is 12.5. The molecule has 192 valence electrons. The summed E-state index contributed by atoms with van der Waals surface area (Å²) in [6, 6.07) is 14.8. The molecule has 8 nitrogen and oxygen atoms in total. The van der Waals surface area contributed by atoms with Gasteiger partial charge in [0, 0.05) is 19.5 Å². The maximum absolute atomic E-state index is 13.4. The van der Waals surface area contributed by atoms with Crippen molar-refractivity contribution in [2.75, 3.05) is 6.54 Å². The minimum Gasteiger partial charge on any atom is -0.467 e. The molecular weight excluding hydrogens is 485 g/mol. The lowest BCUT2D eigenvalue weighted by Gasteiger charge is -2.29. The fourth-order valence-electron chi connectivity index (χ4n) is 3.61. The van der Waals surface area contributed by atoms with Crippen LogP contribution in [0.2, 0.25) is 0 Å². The topological polar surface area (TPSA) is 109 Å². The Bertz CT molecular complexity index is 1240. The highest BCUT2D eigenvalue weighted by Gasteiger charge is 2.26. The number of nitrogens with one attached hydrogen (secondary N) is 2. The van der Waals surface area contributed by atoms with Gasteiger partial charge in [0.05, 0.1) is 17.7 Å². The van der Waals surface area contributed by atoms with E-state index in [1.54, 1.807) is 50.2 Å². The van der Waals surface area contributed by atoms with E-state index in [1.807, 2.05) is 0 Å². The number of hydrogen-bond acceptors (Lipinski definition) is 5. The Kier molecular flexibility index (Phi) is 9.38. The van der Waals surface area contributed by atoms with Gasteiger partial charge < -0.3 is 14.6 Å². The molecule has 2 N–H and O–H groups in total. The standard InChI is InChI=1S/C26H30FN3O5S/c1-3-29-36(33,34)24-13-8-20(9-14-24)10-15-25(31)30(18-21-6-11-22(27)12-7-21)19(2)26(32)28-17-23-5-4-16-35-23/h4-9,11-14,16,19,29H,3,10,15,17-18H2,1-2H3,(H,28,32)/t19-/m0/s1. The van der Waals surface area contributed by atoms with Crippen LogP contribution in [0.1, 0.15) is 37.2 Å². The minimum absolute atomic E-state index is 0.107. The van der Waals surface area contributed by atoms with E-state index >= 15 is 0 Å². The van der Waals surface area contributed by atoms with Crippen LogP contribution in [-0.4, -0.2) is 37.7 Å². The van der Waals surface area contributed by atoms with Crippen LogP contribution in [0.25, 0.3) is 0 Å². The van der Waals surface area contributed by atoms with E-state index in [1.165, 1.54) is 35.4 Å². The lowest BCUT2D eigenvalue weighted by atomic mass is 10.1. The van der Waals surface area contributed by atoms with Crippen LogP contribution in [-0.2, 0) is 39.1 Å². The van der Waals surface area contributed by atoms with Crippen LogP contribution >= 0.6 is 0 Å². The molecule has 0 radical (unpaired) electrons. The molecule has 3 aromatic rings. The SMILES string of the molecule is CCNS(=O)(=O)c1ccc(CCC(=O)N(Cc2ccc(F)cc2)[C@@H](C)C(=O)NCc2ccco2)cc1. The second-order valence-electron chi connectivity index (χ2n) is 8.27. The molecule has 0 aliphatic carbocycles. The summed E-state index contributed by atoms with van der Waals surface area (Å²) >= 11 is 0.